The van der Waals surface area contributed by atoms with Gasteiger partial charge in [-0.3, -0.25) is 4.90 Å². The van der Waals surface area contributed by atoms with Gasteiger partial charge in [-0.1, -0.05) is 39.5 Å². The Labute approximate surface area is 107 Å². The summed E-state index contributed by atoms with van der Waals surface area (Å²) >= 11 is 0. The molecule has 2 rings (SSSR count). The number of hydrogen-bond donors (Lipinski definition) is 1. The third-order valence-electron chi connectivity index (χ3n) is 4.89. The van der Waals surface area contributed by atoms with E-state index in [-0.39, 0.29) is 5.54 Å². The van der Waals surface area contributed by atoms with Crippen molar-refractivity contribution >= 4 is 0 Å². The van der Waals surface area contributed by atoms with Crippen LogP contribution >= 0.6 is 0 Å². The minimum atomic E-state index is 0.107. The molecule has 0 amide bonds. The fraction of sp³-hybridized carbons (Fsp3) is 1.00. The van der Waals surface area contributed by atoms with Crippen LogP contribution in [0.5, 0.6) is 0 Å². The highest BCUT2D eigenvalue weighted by Crippen LogP contribution is 2.33. The van der Waals surface area contributed by atoms with E-state index in [2.05, 4.69) is 18.7 Å². The Hall–Kier alpha value is -0.0800. The maximum atomic E-state index is 6.65. The molecular formula is C15H30N2. The minimum absolute atomic E-state index is 0.107. The lowest BCUT2D eigenvalue weighted by molar-refractivity contribution is 0.121. The highest BCUT2D eigenvalue weighted by atomic mass is 15.2. The Morgan fingerprint density at radius 2 is 1.88 bits per heavy atom. The first kappa shape index (κ1) is 13.4. The Balaban J connectivity index is 1.92. The van der Waals surface area contributed by atoms with Crippen LogP contribution in [-0.2, 0) is 0 Å². The molecule has 0 spiro atoms. The molecule has 0 aliphatic heterocycles. The molecule has 17 heavy (non-hydrogen) atoms. The molecule has 2 fully saturated rings. The standard InChI is InChI=1S/C15H30N2/c1-3-17(14-8-4-5-9-14)12-15(16)10-6-7-13(2)11-15/h13-14H,3-12,16H2,1-2H3. The van der Waals surface area contributed by atoms with E-state index in [1.807, 2.05) is 0 Å². The van der Waals surface area contributed by atoms with Gasteiger partial charge in [0, 0.05) is 18.1 Å². The summed E-state index contributed by atoms with van der Waals surface area (Å²) in [5, 5.41) is 0. The number of hydrogen-bond acceptors (Lipinski definition) is 2. The van der Waals surface area contributed by atoms with Crippen molar-refractivity contribution in [2.75, 3.05) is 13.1 Å². The molecule has 0 radical (unpaired) electrons. The average Bonchev–Trinajstić information content (AvgIpc) is 2.79. The molecule has 2 aliphatic rings. The van der Waals surface area contributed by atoms with Crippen molar-refractivity contribution in [3.05, 3.63) is 0 Å². The van der Waals surface area contributed by atoms with Crippen molar-refractivity contribution < 1.29 is 0 Å². The van der Waals surface area contributed by atoms with Crippen LogP contribution in [0.3, 0.4) is 0 Å². The molecule has 0 heterocycles. The van der Waals surface area contributed by atoms with Gasteiger partial charge in [-0.25, -0.2) is 0 Å². The van der Waals surface area contributed by atoms with Crippen molar-refractivity contribution in [3.63, 3.8) is 0 Å². The molecule has 0 aromatic carbocycles. The predicted octanol–water partition coefficient (Wildman–Crippen LogP) is 3.16. The molecule has 0 aromatic heterocycles. The Bertz CT molecular complexity index is 235. The van der Waals surface area contributed by atoms with Crippen LogP contribution in [-0.4, -0.2) is 29.6 Å². The monoisotopic (exact) mass is 238 g/mol. The maximum absolute atomic E-state index is 6.65. The molecule has 2 unspecified atom stereocenters. The summed E-state index contributed by atoms with van der Waals surface area (Å²) < 4.78 is 0. The fourth-order valence-electron chi connectivity index (χ4n) is 4.02. The molecule has 100 valence electrons. The Kier molecular flexibility index (Phi) is 4.48. The molecule has 2 N–H and O–H groups in total. The van der Waals surface area contributed by atoms with E-state index in [4.69, 9.17) is 5.73 Å². The van der Waals surface area contributed by atoms with Crippen molar-refractivity contribution in [3.8, 4) is 0 Å². The van der Waals surface area contributed by atoms with Gasteiger partial charge < -0.3 is 5.73 Å². The molecule has 2 saturated carbocycles. The van der Waals surface area contributed by atoms with Crippen molar-refractivity contribution in [2.45, 2.75) is 76.8 Å². The number of rotatable bonds is 4. The van der Waals surface area contributed by atoms with Crippen LogP contribution in [0.25, 0.3) is 0 Å². The second-order valence-corrected chi connectivity index (χ2v) is 6.57. The first-order valence-electron chi connectivity index (χ1n) is 7.66. The largest absolute Gasteiger partial charge is 0.324 e. The van der Waals surface area contributed by atoms with E-state index in [0.29, 0.717) is 0 Å². The van der Waals surface area contributed by atoms with Gasteiger partial charge >= 0.3 is 0 Å². The maximum Gasteiger partial charge on any atom is 0.0286 e. The predicted molar refractivity (Wildman–Crippen MR) is 74.1 cm³/mol. The zero-order chi connectivity index (χ0) is 12.3. The molecule has 0 bridgehead atoms. The van der Waals surface area contributed by atoms with Crippen LogP contribution in [0.4, 0.5) is 0 Å². The highest BCUT2D eigenvalue weighted by molar-refractivity contribution is 4.94. The molecule has 2 heteroatoms. The lowest BCUT2D eigenvalue weighted by atomic mass is 9.76. The Morgan fingerprint density at radius 1 is 1.18 bits per heavy atom. The number of nitrogens with zero attached hydrogens (tertiary/aromatic N) is 1. The average molecular weight is 238 g/mol. The first-order chi connectivity index (χ1) is 8.13. The summed E-state index contributed by atoms with van der Waals surface area (Å²) in [6.07, 6.45) is 10.8. The third kappa shape index (κ3) is 3.45. The van der Waals surface area contributed by atoms with Crippen molar-refractivity contribution in [1.29, 1.82) is 0 Å². The van der Waals surface area contributed by atoms with Gasteiger partial charge in [-0.05, 0) is 38.1 Å². The van der Waals surface area contributed by atoms with E-state index in [0.717, 1.165) is 18.5 Å². The van der Waals surface area contributed by atoms with Gasteiger partial charge in [0.15, 0.2) is 0 Å². The summed E-state index contributed by atoms with van der Waals surface area (Å²) in [6, 6.07) is 0.831. The normalized spacial score (nSPS) is 35.6. The summed E-state index contributed by atoms with van der Waals surface area (Å²) in [5.74, 6) is 0.830. The van der Waals surface area contributed by atoms with Gasteiger partial charge in [0.1, 0.15) is 0 Å². The molecule has 2 nitrogen and oxygen atoms in total. The van der Waals surface area contributed by atoms with E-state index < -0.39 is 0 Å². The Morgan fingerprint density at radius 3 is 2.47 bits per heavy atom. The van der Waals surface area contributed by atoms with Crippen molar-refractivity contribution in [1.82, 2.24) is 4.90 Å². The van der Waals surface area contributed by atoms with E-state index in [9.17, 15) is 0 Å². The van der Waals surface area contributed by atoms with Gasteiger partial charge in [-0.2, -0.15) is 0 Å². The smallest absolute Gasteiger partial charge is 0.0286 e. The molecule has 0 aromatic rings. The number of nitrogens with two attached hydrogens (primary N) is 1. The van der Waals surface area contributed by atoms with Crippen LogP contribution in [0.1, 0.15) is 65.2 Å². The van der Waals surface area contributed by atoms with Crippen molar-refractivity contribution in [2.24, 2.45) is 11.7 Å². The quantitative estimate of drug-likeness (QED) is 0.815. The molecule has 2 aliphatic carbocycles. The van der Waals surface area contributed by atoms with E-state index in [1.54, 1.807) is 0 Å². The van der Waals surface area contributed by atoms with Crippen LogP contribution in [0.15, 0.2) is 0 Å². The van der Waals surface area contributed by atoms with Gasteiger partial charge in [-0.15, -0.1) is 0 Å². The van der Waals surface area contributed by atoms with E-state index >= 15 is 0 Å². The summed E-state index contributed by atoms with van der Waals surface area (Å²) in [4.78, 5) is 2.67. The summed E-state index contributed by atoms with van der Waals surface area (Å²) in [5.41, 5.74) is 6.76. The summed E-state index contributed by atoms with van der Waals surface area (Å²) in [7, 11) is 0. The zero-order valence-electron chi connectivity index (χ0n) is 11.8. The SMILES string of the molecule is CCN(CC1(N)CCCC(C)C1)C1CCCC1. The summed E-state index contributed by atoms with van der Waals surface area (Å²) in [6.45, 7) is 6.98. The van der Waals surface area contributed by atoms with Gasteiger partial charge in [0.2, 0.25) is 0 Å². The second-order valence-electron chi connectivity index (χ2n) is 6.57. The molecule has 0 saturated heterocycles. The fourth-order valence-corrected chi connectivity index (χ4v) is 4.02. The lowest BCUT2D eigenvalue weighted by Crippen LogP contribution is -2.54. The third-order valence-corrected chi connectivity index (χ3v) is 4.89. The van der Waals surface area contributed by atoms with Crippen LogP contribution < -0.4 is 5.73 Å². The minimum Gasteiger partial charge on any atom is -0.324 e. The number of likely N-dealkylation sites (N-methyl/N-ethyl adjacent to an activating group) is 1. The van der Waals surface area contributed by atoms with Crippen LogP contribution in [0, 0.1) is 5.92 Å². The second kappa shape index (κ2) is 5.71. The highest BCUT2D eigenvalue weighted by Gasteiger charge is 2.34. The first-order valence-corrected chi connectivity index (χ1v) is 7.66. The molecule has 2 atom stereocenters. The van der Waals surface area contributed by atoms with Gasteiger partial charge in [0.05, 0.1) is 0 Å². The van der Waals surface area contributed by atoms with E-state index in [1.165, 1.54) is 57.9 Å². The molecular weight excluding hydrogens is 208 g/mol. The zero-order valence-corrected chi connectivity index (χ0v) is 11.8. The van der Waals surface area contributed by atoms with Gasteiger partial charge in [0.25, 0.3) is 0 Å². The topological polar surface area (TPSA) is 29.3 Å². The van der Waals surface area contributed by atoms with Crippen LogP contribution in [0.2, 0.25) is 0 Å². The lowest BCUT2D eigenvalue weighted by Gasteiger charge is -2.42.